The maximum atomic E-state index is 12.8. The van der Waals surface area contributed by atoms with Crippen molar-refractivity contribution in [3.63, 3.8) is 0 Å². The number of phosphoric ester groups is 1. The van der Waals surface area contributed by atoms with Gasteiger partial charge in [0.05, 0.1) is 6.61 Å². The van der Waals surface area contributed by atoms with Gasteiger partial charge in [-0.25, -0.2) is 4.57 Å². The average molecular weight is 887 g/mol. The van der Waals surface area contributed by atoms with E-state index < -0.39 is 75.7 Å². The molecule has 0 amide bonds. The van der Waals surface area contributed by atoms with Gasteiger partial charge in [0.15, 0.2) is 6.10 Å². The molecule has 0 heterocycles. The molecule has 0 aliphatic heterocycles. The smallest absolute Gasteiger partial charge is 0.462 e. The van der Waals surface area contributed by atoms with Crippen LogP contribution in [-0.2, 0) is 32.7 Å². The quantitative estimate of drug-likeness (QED) is 0.0148. The number of phosphoric acid groups is 1. The first-order valence-electron chi connectivity index (χ1n) is 23.4. The average Bonchev–Trinajstić information content (AvgIpc) is 3.24. The fraction of sp³-hybridized carbons (Fsp3) is 0.787. The lowest BCUT2D eigenvalue weighted by Crippen LogP contribution is -2.64. The minimum absolute atomic E-state index is 0.0908. The third-order valence-corrected chi connectivity index (χ3v) is 11.7. The zero-order valence-electron chi connectivity index (χ0n) is 37.4. The summed E-state index contributed by atoms with van der Waals surface area (Å²) in [4.78, 5) is 35.7. The van der Waals surface area contributed by atoms with Gasteiger partial charge >= 0.3 is 19.8 Å². The van der Waals surface area contributed by atoms with Crippen LogP contribution in [0.15, 0.2) is 48.6 Å². The van der Waals surface area contributed by atoms with Crippen molar-refractivity contribution in [2.45, 2.75) is 224 Å². The van der Waals surface area contributed by atoms with Gasteiger partial charge in [0.1, 0.15) is 43.2 Å². The van der Waals surface area contributed by atoms with Gasteiger partial charge in [-0.1, -0.05) is 159 Å². The number of unbranched alkanes of at least 4 members (excludes halogenated alkanes) is 18. The van der Waals surface area contributed by atoms with Crippen LogP contribution < -0.4 is 0 Å². The summed E-state index contributed by atoms with van der Waals surface area (Å²) < 4.78 is 33.5. The third-order valence-electron chi connectivity index (χ3n) is 10.7. The Hall–Kier alpha value is -2.19. The molecule has 1 rings (SSSR count). The second-order valence-corrected chi connectivity index (χ2v) is 17.7. The fourth-order valence-electron chi connectivity index (χ4n) is 6.86. The zero-order chi connectivity index (χ0) is 45.0. The van der Waals surface area contributed by atoms with E-state index in [1.54, 1.807) is 0 Å². The van der Waals surface area contributed by atoms with Gasteiger partial charge in [-0.2, -0.15) is 0 Å². The minimum atomic E-state index is -5.12. The number of allylic oxidation sites excluding steroid dienone is 8. The lowest BCUT2D eigenvalue weighted by molar-refractivity contribution is -0.220. The molecule has 13 nitrogen and oxygen atoms in total. The molecule has 354 valence electrons. The molecule has 0 aromatic rings. The van der Waals surface area contributed by atoms with E-state index in [1.165, 1.54) is 70.6 Å². The molecule has 0 bridgehead atoms. The van der Waals surface area contributed by atoms with Crippen LogP contribution >= 0.6 is 7.82 Å². The summed E-state index contributed by atoms with van der Waals surface area (Å²) in [6.45, 7) is 3.24. The third kappa shape index (κ3) is 29.7. The van der Waals surface area contributed by atoms with Crippen molar-refractivity contribution < 1.29 is 63.1 Å². The summed E-state index contributed by atoms with van der Waals surface area (Å²) in [5.41, 5.74) is 0. The molecule has 14 heteroatoms. The highest BCUT2D eigenvalue weighted by Crippen LogP contribution is 2.47. The number of hydrogen-bond donors (Lipinski definition) is 6. The molecule has 6 unspecified atom stereocenters. The van der Waals surface area contributed by atoms with Crippen molar-refractivity contribution >= 4 is 19.8 Å². The highest BCUT2D eigenvalue weighted by atomic mass is 31.2. The summed E-state index contributed by atoms with van der Waals surface area (Å²) in [5, 5.41) is 50.1. The van der Waals surface area contributed by atoms with E-state index >= 15 is 0 Å². The summed E-state index contributed by atoms with van der Waals surface area (Å²) in [6, 6.07) is 0. The second kappa shape index (κ2) is 37.2. The molecular weight excluding hydrogens is 803 g/mol. The summed E-state index contributed by atoms with van der Waals surface area (Å²) in [6.07, 6.45) is 30.2. The monoisotopic (exact) mass is 887 g/mol. The number of rotatable bonds is 38. The van der Waals surface area contributed by atoms with Crippen molar-refractivity contribution in [1.82, 2.24) is 0 Å². The normalized spacial score (nSPS) is 22.4. The van der Waals surface area contributed by atoms with E-state index in [0.717, 1.165) is 70.6 Å². The Morgan fingerprint density at radius 1 is 0.508 bits per heavy atom. The molecule has 0 spiro atoms. The molecular formula is C47H83O13P. The van der Waals surface area contributed by atoms with Crippen LogP contribution in [-0.4, -0.2) is 98.3 Å². The summed E-state index contributed by atoms with van der Waals surface area (Å²) >= 11 is 0. The molecule has 6 N–H and O–H groups in total. The predicted octanol–water partition coefficient (Wildman–Crippen LogP) is 9.17. The van der Waals surface area contributed by atoms with Crippen molar-refractivity contribution in [2.75, 3.05) is 13.2 Å². The minimum Gasteiger partial charge on any atom is -0.462 e. The number of esters is 2. The van der Waals surface area contributed by atoms with E-state index in [4.69, 9.17) is 18.5 Å². The first-order valence-corrected chi connectivity index (χ1v) is 24.9. The zero-order valence-corrected chi connectivity index (χ0v) is 38.3. The van der Waals surface area contributed by atoms with Gasteiger partial charge in [-0.15, -0.1) is 0 Å². The number of ether oxygens (including phenoxy) is 2. The Labute approximate surface area is 367 Å². The van der Waals surface area contributed by atoms with Gasteiger partial charge in [-0.3, -0.25) is 18.6 Å². The molecule has 1 aliphatic rings. The first-order chi connectivity index (χ1) is 29.4. The number of carbonyl (C=O) groups excluding carboxylic acids is 2. The predicted molar refractivity (Wildman–Crippen MR) is 239 cm³/mol. The number of hydrogen-bond acceptors (Lipinski definition) is 12. The second-order valence-electron chi connectivity index (χ2n) is 16.3. The van der Waals surface area contributed by atoms with Gasteiger partial charge < -0.3 is 39.9 Å². The Morgan fingerprint density at radius 3 is 1.38 bits per heavy atom. The standard InChI is InChI=1S/C47H83O13P/c1-3-5-7-9-11-13-15-17-18-19-20-21-22-24-25-27-29-31-33-35-40(48)57-37-39(38-58-61(55,56)60-47-45(53)43(51)42(50)44(52)46(47)54)59-41(49)36-34-32-30-28-26-23-16-14-12-10-8-6-4-2/h11,13,17-18,20-21,24-25,39,42-47,50-54H,3-10,12,14-16,19,22-23,26-38H2,1-2H3,(H,55,56)/b13-11+,18-17+,21-20+,25-24+/t39-,42?,43-,44?,45?,46?,47?/m0/s1. The molecule has 0 aromatic carbocycles. The number of aliphatic hydroxyl groups is 5. The molecule has 0 aromatic heterocycles. The lowest BCUT2D eigenvalue weighted by atomic mass is 9.85. The molecule has 61 heavy (non-hydrogen) atoms. The van der Waals surface area contributed by atoms with E-state index in [-0.39, 0.29) is 12.8 Å². The van der Waals surface area contributed by atoms with E-state index in [9.17, 15) is 44.6 Å². The molecule has 1 saturated carbocycles. The Bertz CT molecular complexity index is 1250. The van der Waals surface area contributed by atoms with Gasteiger partial charge in [0, 0.05) is 12.8 Å². The van der Waals surface area contributed by atoms with Crippen molar-refractivity contribution in [2.24, 2.45) is 0 Å². The number of carbonyl (C=O) groups is 2. The molecule has 0 saturated heterocycles. The molecule has 8 atom stereocenters. The number of aliphatic hydroxyl groups excluding tert-OH is 5. The maximum absolute atomic E-state index is 12.8. The Kier molecular flexibility index (Phi) is 34.7. The largest absolute Gasteiger partial charge is 0.472 e. The van der Waals surface area contributed by atoms with Crippen LogP contribution in [0.2, 0.25) is 0 Å². The Balaban J connectivity index is 2.47. The summed E-state index contributed by atoms with van der Waals surface area (Å²) in [7, 11) is -5.12. The van der Waals surface area contributed by atoms with Crippen LogP contribution in [0.1, 0.15) is 181 Å². The molecule has 1 fully saturated rings. The van der Waals surface area contributed by atoms with E-state index in [1.807, 2.05) is 0 Å². The molecule has 1 aliphatic carbocycles. The van der Waals surface area contributed by atoms with Crippen molar-refractivity contribution in [1.29, 1.82) is 0 Å². The van der Waals surface area contributed by atoms with Crippen LogP contribution in [0.4, 0.5) is 0 Å². The lowest BCUT2D eigenvalue weighted by Gasteiger charge is -2.41. The fourth-order valence-corrected chi connectivity index (χ4v) is 7.83. The summed E-state index contributed by atoms with van der Waals surface area (Å²) in [5.74, 6) is -1.13. The van der Waals surface area contributed by atoms with Gasteiger partial charge in [-0.05, 0) is 57.8 Å². The van der Waals surface area contributed by atoms with Gasteiger partial charge in [0.25, 0.3) is 0 Å². The van der Waals surface area contributed by atoms with Crippen molar-refractivity contribution in [3.8, 4) is 0 Å². The van der Waals surface area contributed by atoms with Crippen LogP contribution in [0.3, 0.4) is 0 Å². The van der Waals surface area contributed by atoms with Crippen LogP contribution in [0, 0.1) is 0 Å². The van der Waals surface area contributed by atoms with E-state index in [2.05, 4.69) is 62.5 Å². The van der Waals surface area contributed by atoms with Crippen molar-refractivity contribution in [3.05, 3.63) is 48.6 Å². The maximum Gasteiger partial charge on any atom is 0.472 e. The highest BCUT2D eigenvalue weighted by molar-refractivity contribution is 7.47. The van der Waals surface area contributed by atoms with Crippen LogP contribution in [0.25, 0.3) is 0 Å². The molecule has 0 radical (unpaired) electrons. The highest BCUT2D eigenvalue weighted by Gasteiger charge is 2.51. The van der Waals surface area contributed by atoms with Gasteiger partial charge in [0.2, 0.25) is 0 Å². The first kappa shape index (κ1) is 56.8. The Morgan fingerprint density at radius 2 is 0.885 bits per heavy atom. The van der Waals surface area contributed by atoms with E-state index in [0.29, 0.717) is 12.8 Å². The SMILES string of the molecule is CCCCC/C=C/C/C=C/C/C=C/C/C=C/CCCCCC(=O)OC[C@@H](COP(=O)(O)OC1C(O)C(O)C(O)[C@H](O)C1O)OC(=O)CCCCCCCCCCCCCCC. The van der Waals surface area contributed by atoms with Crippen LogP contribution in [0.5, 0.6) is 0 Å². The topological polar surface area (TPSA) is 210 Å².